The number of hydrogen-bond acceptors (Lipinski definition) is 2. The van der Waals surface area contributed by atoms with Gasteiger partial charge in [-0.15, -0.1) is 0 Å². The third-order valence-electron chi connectivity index (χ3n) is 4.70. The number of methoxy groups -OCH3 is 1. The Kier molecular flexibility index (Phi) is 3.04. The SMILES string of the molecule is C=C1CC2c3cccc(OC)c3C=CN2Cc2ccccc21. The van der Waals surface area contributed by atoms with Crippen LogP contribution in [0.15, 0.2) is 55.2 Å². The fourth-order valence-electron chi connectivity index (χ4n) is 3.59. The first-order valence-electron chi connectivity index (χ1n) is 7.65. The molecule has 110 valence electrons. The molecule has 2 heterocycles. The van der Waals surface area contributed by atoms with Crippen LogP contribution in [0.3, 0.4) is 0 Å². The summed E-state index contributed by atoms with van der Waals surface area (Å²) in [5.41, 5.74) is 6.40. The van der Waals surface area contributed by atoms with Crippen molar-refractivity contribution in [3.8, 4) is 5.75 Å². The summed E-state index contributed by atoms with van der Waals surface area (Å²) in [7, 11) is 1.73. The molecule has 2 aliphatic rings. The molecule has 0 fully saturated rings. The Labute approximate surface area is 131 Å². The van der Waals surface area contributed by atoms with E-state index < -0.39 is 0 Å². The summed E-state index contributed by atoms with van der Waals surface area (Å²) in [4.78, 5) is 2.42. The van der Waals surface area contributed by atoms with Crippen molar-refractivity contribution in [2.45, 2.75) is 19.0 Å². The average molecular weight is 289 g/mol. The van der Waals surface area contributed by atoms with Crippen LogP contribution in [-0.2, 0) is 6.54 Å². The molecule has 2 aliphatic heterocycles. The van der Waals surface area contributed by atoms with Gasteiger partial charge in [0.2, 0.25) is 0 Å². The summed E-state index contributed by atoms with van der Waals surface area (Å²) >= 11 is 0. The molecule has 2 aromatic carbocycles. The number of benzene rings is 2. The van der Waals surface area contributed by atoms with E-state index in [0.29, 0.717) is 6.04 Å². The quantitative estimate of drug-likeness (QED) is 0.758. The molecule has 22 heavy (non-hydrogen) atoms. The maximum atomic E-state index is 5.52. The highest BCUT2D eigenvalue weighted by Crippen LogP contribution is 2.43. The predicted octanol–water partition coefficient (Wildman–Crippen LogP) is 4.64. The molecule has 1 unspecified atom stereocenters. The molecule has 1 atom stereocenters. The van der Waals surface area contributed by atoms with Crippen molar-refractivity contribution >= 4 is 11.6 Å². The van der Waals surface area contributed by atoms with E-state index in [1.807, 2.05) is 6.07 Å². The van der Waals surface area contributed by atoms with Gasteiger partial charge in [0.1, 0.15) is 5.75 Å². The standard InChI is InChI=1S/C20H19NO/c1-14-12-19-17-8-5-9-20(22-2)18(17)10-11-21(19)13-15-6-3-4-7-16(14)15/h3-11,19H,1,12-13H2,2H3. The van der Waals surface area contributed by atoms with Crippen LogP contribution in [0.2, 0.25) is 0 Å². The molecule has 0 radical (unpaired) electrons. The molecule has 4 rings (SSSR count). The largest absolute Gasteiger partial charge is 0.496 e. The molecular formula is C20H19NO. The van der Waals surface area contributed by atoms with Crippen LogP contribution in [0.25, 0.3) is 11.6 Å². The van der Waals surface area contributed by atoms with Gasteiger partial charge in [0.25, 0.3) is 0 Å². The summed E-state index contributed by atoms with van der Waals surface area (Å²) in [5.74, 6) is 0.945. The third kappa shape index (κ3) is 1.95. The minimum absolute atomic E-state index is 0.329. The van der Waals surface area contributed by atoms with Gasteiger partial charge in [0, 0.05) is 18.3 Å². The lowest BCUT2D eigenvalue weighted by Crippen LogP contribution is -2.25. The Hall–Kier alpha value is -2.48. The van der Waals surface area contributed by atoms with Crippen LogP contribution >= 0.6 is 0 Å². The molecule has 0 aliphatic carbocycles. The Bertz CT molecular complexity index is 775. The molecular weight excluding hydrogens is 270 g/mol. The van der Waals surface area contributed by atoms with Crippen molar-refractivity contribution < 1.29 is 4.74 Å². The lowest BCUT2D eigenvalue weighted by atomic mass is 9.90. The van der Waals surface area contributed by atoms with Gasteiger partial charge < -0.3 is 9.64 Å². The molecule has 0 bridgehead atoms. The number of fused-ring (bicyclic) bond motifs is 4. The second-order valence-electron chi connectivity index (χ2n) is 5.93. The van der Waals surface area contributed by atoms with Crippen LogP contribution in [0, 0.1) is 0 Å². The number of rotatable bonds is 1. The van der Waals surface area contributed by atoms with Crippen molar-refractivity contribution in [2.24, 2.45) is 0 Å². The second-order valence-corrected chi connectivity index (χ2v) is 5.93. The maximum Gasteiger partial charge on any atom is 0.126 e. The van der Waals surface area contributed by atoms with Crippen molar-refractivity contribution in [3.63, 3.8) is 0 Å². The number of ether oxygens (including phenoxy) is 1. The first kappa shape index (κ1) is 13.2. The van der Waals surface area contributed by atoms with Crippen molar-refractivity contribution in [3.05, 3.63) is 77.5 Å². The molecule has 0 amide bonds. The van der Waals surface area contributed by atoms with Crippen LogP contribution < -0.4 is 4.74 Å². The van der Waals surface area contributed by atoms with Gasteiger partial charge >= 0.3 is 0 Å². The Morgan fingerprint density at radius 3 is 2.86 bits per heavy atom. The highest BCUT2D eigenvalue weighted by molar-refractivity contribution is 5.70. The molecule has 2 heteroatoms. The Morgan fingerprint density at radius 1 is 1.14 bits per heavy atom. The van der Waals surface area contributed by atoms with E-state index in [-0.39, 0.29) is 0 Å². The van der Waals surface area contributed by atoms with Gasteiger partial charge in [-0.05, 0) is 40.8 Å². The van der Waals surface area contributed by atoms with Crippen molar-refractivity contribution in [1.82, 2.24) is 4.90 Å². The molecule has 0 saturated heterocycles. The molecule has 2 aromatic rings. The lowest BCUT2D eigenvalue weighted by molar-refractivity contribution is 0.276. The topological polar surface area (TPSA) is 12.5 Å². The first-order valence-corrected chi connectivity index (χ1v) is 7.65. The number of nitrogens with zero attached hydrogens (tertiary/aromatic N) is 1. The van der Waals surface area contributed by atoms with Crippen LogP contribution in [-0.4, -0.2) is 12.0 Å². The van der Waals surface area contributed by atoms with Crippen molar-refractivity contribution in [2.75, 3.05) is 7.11 Å². The Morgan fingerprint density at radius 2 is 2.00 bits per heavy atom. The van der Waals surface area contributed by atoms with Gasteiger partial charge in [-0.1, -0.05) is 43.0 Å². The van der Waals surface area contributed by atoms with Crippen molar-refractivity contribution in [1.29, 1.82) is 0 Å². The first-order chi connectivity index (χ1) is 10.8. The summed E-state index contributed by atoms with van der Waals surface area (Å²) in [6, 6.07) is 15.2. The summed E-state index contributed by atoms with van der Waals surface area (Å²) in [6.07, 6.45) is 5.31. The summed E-state index contributed by atoms with van der Waals surface area (Å²) in [6.45, 7) is 5.26. The smallest absolute Gasteiger partial charge is 0.126 e. The summed E-state index contributed by atoms with van der Waals surface area (Å²) < 4.78 is 5.52. The average Bonchev–Trinajstić information content (AvgIpc) is 2.70. The monoisotopic (exact) mass is 289 g/mol. The lowest BCUT2D eigenvalue weighted by Gasteiger charge is -2.34. The fourth-order valence-corrected chi connectivity index (χ4v) is 3.59. The van der Waals surface area contributed by atoms with Crippen LogP contribution in [0.1, 0.15) is 34.7 Å². The van der Waals surface area contributed by atoms with E-state index >= 15 is 0 Å². The Balaban J connectivity index is 1.82. The zero-order valence-electron chi connectivity index (χ0n) is 12.8. The minimum atomic E-state index is 0.329. The zero-order chi connectivity index (χ0) is 15.1. The molecule has 0 N–H and O–H groups in total. The highest BCUT2D eigenvalue weighted by Gasteiger charge is 2.29. The van der Waals surface area contributed by atoms with E-state index in [4.69, 9.17) is 4.74 Å². The van der Waals surface area contributed by atoms with Crippen LogP contribution in [0.5, 0.6) is 5.75 Å². The van der Waals surface area contributed by atoms with Gasteiger partial charge in [-0.3, -0.25) is 0 Å². The van der Waals surface area contributed by atoms with Gasteiger partial charge in [0.05, 0.1) is 13.2 Å². The van der Waals surface area contributed by atoms with E-state index in [2.05, 4.69) is 60.2 Å². The minimum Gasteiger partial charge on any atom is -0.496 e. The summed E-state index contributed by atoms with van der Waals surface area (Å²) in [5, 5.41) is 0. The molecule has 2 nitrogen and oxygen atoms in total. The van der Waals surface area contributed by atoms with Gasteiger partial charge in [-0.25, -0.2) is 0 Å². The zero-order valence-corrected chi connectivity index (χ0v) is 12.8. The van der Waals surface area contributed by atoms with Gasteiger partial charge in [0.15, 0.2) is 0 Å². The van der Waals surface area contributed by atoms with E-state index in [9.17, 15) is 0 Å². The maximum absolute atomic E-state index is 5.52. The molecule has 0 aromatic heterocycles. The highest BCUT2D eigenvalue weighted by atomic mass is 16.5. The predicted molar refractivity (Wildman–Crippen MR) is 90.4 cm³/mol. The molecule has 0 saturated carbocycles. The fraction of sp³-hybridized carbons (Fsp3) is 0.200. The molecule has 0 spiro atoms. The van der Waals surface area contributed by atoms with E-state index in [0.717, 1.165) is 18.7 Å². The van der Waals surface area contributed by atoms with E-state index in [1.54, 1.807) is 7.11 Å². The third-order valence-corrected chi connectivity index (χ3v) is 4.70. The van der Waals surface area contributed by atoms with E-state index in [1.165, 1.54) is 27.8 Å². The number of hydrogen-bond donors (Lipinski definition) is 0. The van der Waals surface area contributed by atoms with Crippen LogP contribution in [0.4, 0.5) is 0 Å². The van der Waals surface area contributed by atoms with Gasteiger partial charge in [-0.2, -0.15) is 0 Å². The normalized spacial score (nSPS) is 19.0. The second kappa shape index (κ2) is 5.06.